The highest BCUT2D eigenvalue weighted by Crippen LogP contribution is 2.23. The van der Waals surface area contributed by atoms with Gasteiger partial charge < -0.3 is 15.0 Å². The molecule has 3 aromatic rings. The van der Waals surface area contributed by atoms with Crippen LogP contribution < -0.4 is 10.1 Å². The quantitative estimate of drug-likeness (QED) is 0.624. The van der Waals surface area contributed by atoms with E-state index in [1.54, 1.807) is 19.1 Å². The minimum Gasteiger partial charge on any atom is -0.497 e. The topological polar surface area (TPSA) is 61.9 Å². The van der Waals surface area contributed by atoms with Crippen molar-refractivity contribution in [2.75, 3.05) is 27.2 Å². The molecule has 2 amide bonds. The zero-order valence-electron chi connectivity index (χ0n) is 18.6. The lowest BCUT2D eigenvalue weighted by molar-refractivity contribution is -0.138. The molecule has 1 aliphatic heterocycles. The molecule has 1 heterocycles. The van der Waals surface area contributed by atoms with E-state index < -0.39 is 6.04 Å². The largest absolute Gasteiger partial charge is 0.497 e. The summed E-state index contributed by atoms with van der Waals surface area (Å²) in [5.41, 5.74) is 2.15. The molecule has 3 aromatic carbocycles. The van der Waals surface area contributed by atoms with Crippen molar-refractivity contribution < 1.29 is 14.3 Å². The number of amides is 2. The fraction of sp³-hybridized carbons (Fsp3) is 0.308. The monoisotopic (exact) mass is 431 g/mol. The van der Waals surface area contributed by atoms with Crippen LogP contribution in [-0.2, 0) is 22.7 Å². The van der Waals surface area contributed by atoms with Gasteiger partial charge in [-0.15, -0.1) is 0 Å². The Balaban J connectivity index is 1.47. The summed E-state index contributed by atoms with van der Waals surface area (Å²) in [4.78, 5) is 29.5. The van der Waals surface area contributed by atoms with Crippen LogP contribution in [0.3, 0.4) is 0 Å². The van der Waals surface area contributed by atoms with Crippen molar-refractivity contribution in [3.05, 3.63) is 77.9 Å². The maximum absolute atomic E-state index is 13.0. The summed E-state index contributed by atoms with van der Waals surface area (Å²) in [6, 6.07) is 21.7. The van der Waals surface area contributed by atoms with Crippen molar-refractivity contribution in [2.24, 2.45) is 0 Å². The van der Waals surface area contributed by atoms with Crippen LogP contribution in [-0.4, -0.2) is 54.9 Å². The Bertz CT molecular complexity index is 1110. The molecule has 0 bridgehead atoms. The van der Waals surface area contributed by atoms with E-state index in [1.807, 2.05) is 42.5 Å². The normalized spacial score (nSPS) is 16.6. The Morgan fingerprint density at radius 3 is 2.75 bits per heavy atom. The molecule has 1 N–H and O–H groups in total. The molecular formula is C26H29N3O3. The number of ether oxygens (including phenoxy) is 1. The van der Waals surface area contributed by atoms with Gasteiger partial charge in [-0.1, -0.05) is 54.6 Å². The molecule has 1 saturated heterocycles. The number of nitrogens with zero attached hydrogens (tertiary/aromatic N) is 2. The van der Waals surface area contributed by atoms with Gasteiger partial charge in [0.2, 0.25) is 11.8 Å². The summed E-state index contributed by atoms with van der Waals surface area (Å²) in [5, 5.41) is 5.29. The van der Waals surface area contributed by atoms with E-state index in [0.717, 1.165) is 11.3 Å². The Morgan fingerprint density at radius 2 is 1.91 bits per heavy atom. The SMILES string of the molecule is COc1cccc(CN(C)C(=O)C[C@@H]2C(=O)NCCN2Cc2cccc3ccccc23)c1. The fourth-order valence-electron chi connectivity index (χ4n) is 4.28. The molecule has 0 spiro atoms. The molecule has 1 fully saturated rings. The van der Waals surface area contributed by atoms with Gasteiger partial charge in [-0.3, -0.25) is 14.5 Å². The lowest BCUT2D eigenvalue weighted by atomic mass is 10.0. The Kier molecular flexibility index (Phi) is 6.71. The van der Waals surface area contributed by atoms with Gasteiger partial charge in [0.25, 0.3) is 0 Å². The predicted octanol–water partition coefficient (Wildman–Crippen LogP) is 3.20. The van der Waals surface area contributed by atoms with Gasteiger partial charge in [0, 0.05) is 33.2 Å². The maximum atomic E-state index is 13.0. The molecule has 166 valence electrons. The third kappa shape index (κ3) is 4.92. The average Bonchev–Trinajstić information content (AvgIpc) is 2.81. The molecule has 0 radical (unpaired) electrons. The van der Waals surface area contributed by atoms with Crippen molar-refractivity contribution in [1.29, 1.82) is 0 Å². The Morgan fingerprint density at radius 1 is 1.12 bits per heavy atom. The number of rotatable bonds is 7. The van der Waals surface area contributed by atoms with Gasteiger partial charge in [0.15, 0.2) is 0 Å². The third-order valence-electron chi connectivity index (χ3n) is 6.04. The van der Waals surface area contributed by atoms with Gasteiger partial charge in [0.05, 0.1) is 19.6 Å². The number of hydrogen-bond acceptors (Lipinski definition) is 4. The van der Waals surface area contributed by atoms with Crippen LogP contribution in [0.25, 0.3) is 10.8 Å². The van der Waals surface area contributed by atoms with Crippen LogP contribution in [0.1, 0.15) is 17.5 Å². The van der Waals surface area contributed by atoms with Gasteiger partial charge in [-0.25, -0.2) is 0 Å². The highest BCUT2D eigenvalue weighted by molar-refractivity contribution is 5.89. The molecular weight excluding hydrogens is 402 g/mol. The van der Waals surface area contributed by atoms with E-state index >= 15 is 0 Å². The standard InChI is InChI=1S/C26H29N3O3/c1-28(17-19-7-5-11-22(15-19)32-2)25(30)16-24-26(31)27-13-14-29(24)18-21-10-6-9-20-8-3-4-12-23(20)21/h3-12,15,24H,13-14,16-18H2,1-2H3,(H,27,31)/t24-/m1/s1. The number of hydrogen-bond donors (Lipinski definition) is 1. The molecule has 1 atom stereocenters. The zero-order valence-corrected chi connectivity index (χ0v) is 18.6. The van der Waals surface area contributed by atoms with Gasteiger partial charge in [-0.05, 0) is 34.0 Å². The van der Waals surface area contributed by atoms with E-state index in [1.165, 1.54) is 16.3 Å². The van der Waals surface area contributed by atoms with Crippen LogP contribution in [0.4, 0.5) is 0 Å². The zero-order chi connectivity index (χ0) is 22.5. The number of methoxy groups -OCH3 is 1. The highest BCUT2D eigenvalue weighted by atomic mass is 16.5. The summed E-state index contributed by atoms with van der Waals surface area (Å²) in [5.74, 6) is 0.619. The van der Waals surface area contributed by atoms with Crippen LogP contribution in [0.2, 0.25) is 0 Å². The number of nitrogens with one attached hydrogen (secondary N) is 1. The van der Waals surface area contributed by atoms with E-state index in [0.29, 0.717) is 26.2 Å². The highest BCUT2D eigenvalue weighted by Gasteiger charge is 2.32. The number of carbonyl (C=O) groups excluding carboxylic acids is 2. The average molecular weight is 432 g/mol. The first-order chi connectivity index (χ1) is 15.5. The van der Waals surface area contributed by atoms with Gasteiger partial charge in [0.1, 0.15) is 5.75 Å². The van der Waals surface area contributed by atoms with Crippen molar-refractivity contribution >= 4 is 22.6 Å². The van der Waals surface area contributed by atoms with E-state index in [-0.39, 0.29) is 18.2 Å². The molecule has 0 saturated carbocycles. The first-order valence-electron chi connectivity index (χ1n) is 10.9. The number of fused-ring (bicyclic) bond motifs is 1. The molecule has 1 aliphatic rings. The first kappa shape index (κ1) is 21.8. The van der Waals surface area contributed by atoms with Crippen molar-refractivity contribution in [2.45, 2.75) is 25.6 Å². The van der Waals surface area contributed by atoms with Crippen molar-refractivity contribution in [1.82, 2.24) is 15.1 Å². The molecule has 0 aliphatic carbocycles. The molecule has 4 rings (SSSR count). The number of benzene rings is 3. The van der Waals surface area contributed by atoms with Crippen LogP contribution in [0, 0.1) is 0 Å². The van der Waals surface area contributed by atoms with Gasteiger partial charge >= 0.3 is 0 Å². The second-order valence-corrected chi connectivity index (χ2v) is 8.22. The van der Waals surface area contributed by atoms with Crippen LogP contribution in [0.15, 0.2) is 66.7 Å². The summed E-state index contributed by atoms with van der Waals surface area (Å²) >= 11 is 0. The molecule has 6 nitrogen and oxygen atoms in total. The van der Waals surface area contributed by atoms with Gasteiger partial charge in [-0.2, -0.15) is 0 Å². The number of piperazine rings is 1. The molecule has 6 heteroatoms. The first-order valence-corrected chi connectivity index (χ1v) is 10.9. The minimum atomic E-state index is -0.483. The lowest BCUT2D eigenvalue weighted by Crippen LogP contribution is -2.56. The minimum absolute atomic E-state index is 0.0576. The Hall–Kier alpha value is -3.38. The summed E-state index contributed by atoms with van der Waals surface area (Å²) in [6.07, 6.45) is 0.150. The summed E-state index contributed by atoms with van der Waals surface area (Å²) < 4.78 is 5.27. The lowest BCUT2D eigenvalue weighted by Gasteiger charge is -2.35. The summed E-state index contributed by atoms with van der Waals surface area (Å²) in [6.45, 7) is 2.40. The second-order valence-electron chi connectivity index (χ2n) is 8.22. The molecule has 0 aromatic heterocycles. The van der Waals surface area contributed by atoms with Crippen LogP contribution in [0.5, 0.6) is 5.75 Å². The summed E-state index contributed by atoms with van der Waals surface area (Å²) in [7, 11) is 3.40. The molecule has 0 unspecified atom stereocenters. The fourth-order valence-corrected chi connectivity index (χ4v) is 4.28. The number of carbonyl (C=O) groups is 2. The smallest absolute Gasteiger partial charge is 0.237 e. The molecule has 32 heavy (non-hydrogen) atoms. The van der Waals surface area contributed by atoms with Crippen molar-refractivity contribution in [3.63, 3.8) is 0 Å². The predicted molar refractivity (Wildman–Crippen MR) is 125 cm³/mol. The van der Waals surface area contributed by atoms with E-state index in [9.17, 15) is 9.59 Å². The Labute approximate surface area is 188 Å². The van der Waals surface area contributed by atoms with Crippen molar-refractivity contribution in [3.8, 4) is 5.75 Å². The van der Waals surface area contributed by atoms with E-state index in [2.05, 4.69) is 34.5 Å². The van der Waals surface area contributed by atoms with Crippen LogP contribution >= 0.6 is 0 Å². The van der Waals surface area contributed by atoms with E-state index in [4.69, 9.17) is 4.74 Å². The third-order valence-corrected chi connectivity index (χ3v) is 6.04. The second kappa shape index (κ2) is 9.83. The maximum Gasteiger partial charge on any atom is 0.237 e.